The van der Waals surface area contributed by atoms with Crippen LogP contribution in [-0.2, 0) is 36.4 Å². The van der Waals surface area contributed by atoms with Crippen LogP contribution in [0.15, 0.2) is 67.1 Å². The van der Waals surface area contributed by atoms with Crippen molar-refractivity contribution in [3.63, 3.8) is 0 Å². The molecule has 0 bridgehead atoms. The van der Waals surface area contributed by atoms with Gasteiger partial charge in [-0.3, -0.25) is 24.2 Å². The summed E-state index contributed by atoms with van der Waals surface area (Å²) in [7, 11) is -2.64. The van der Waals surface area contributed by atoms with Crippen molar-refractivity contribution in [3.05, 3.63) is 89.0 Å². The molecule has 2 heterocycles. The lowest BCUT2D eigenvalue weighted by Gasteiger charge is -2.30. The van der Waals surface area contributed by atoms with Gasteiger partial charge in [0.15, 0.2) is 9.84 Å². The number of methoxy groups -OCH3 is 1. The summed E-state index contributed by atoms with van der Waals surface area (Å²) >= 11 is 6.15. The highest BCUT2D eigenvalue weighted by Crippen LogP contribution is 2.29. The Morgan fingerprint density at radius 3 is 2.32 bits per heavy atom. The number of carbonyl (C=O) groups excluding carboxylic acids is 4. The van der Waals surface area contributed by atoms with Crippen LogP contribution >= 0.6 is 11.6 Å². The second-order valence-electron chi connectivity index (χ2n) is 12.1. The van der Waals surface area contributed by atoms with Crippen molar-refractivity contribution in [2.45, 2.75) is 62.0 Å². The second kappa shape index (κ2) is 16.0. The minimum absolute atomic E-state index is 0.141. The van der Waals surface area contributed by atoms with Crippen LogP contribution in [0.2, 0.25) is 5.02 Å². The number of amides is 3. The van der Waals surface area contributed by atoms with Gasteiger partial charge in [0.05, 0.1) is 30.4 Å². The minimum Gasteiger partial charge on any atom is -0.497 e. The molecule has 2 N–H and O–H groups in total. The largest absolute Gasteiger partial charge is 0.497 e. The molecule has 1 aliphatic heterocycles. The number of benzene rings is 2. The van der Waals surface area contributed by atoms with Gasteiger partial charge in [0.2, 0.25) is 11.8 Å². The zero-order valence-electron chi connectivity index (χ0n) is 27.2. The van der Waals surface area contributed by atoms with Gasteiger partial charge in [-0.1, -0.05) is 49.7 Å². The summed E-state index contributed by atoms with van der Waals surface area (Å²) in [5.74, 6) is -6.05. The number of ketones is 1. The van der Waals surface area contributed by atoms with Crippen molar-refractivity contribution in [1.82, 2.24) is 25.5 Å². The van der Waals surface area contributed by atoms with Crippen molar-refractivity contribution in [1.29, 1.82) is 0 Å². The molecule has 50 heavy (non-hydrogen) atoms. The summed E-state index contributed by atoms with van der Waals surface area (Å²) in [4.78, 5) is 62.2. The van der Waals surface area contributed by atoms with E-state index in [2.05, 4.69) is 20.6 Å². The molecule has 12 nitrogen and oxygen atoms in total. The number of aromatic nitrogens is 2. The molecule has 1 fully saturated rings. The number of ether oxygens (including phenoxy) is 1. The van der Waals surface area contributed by atoms with E-state index in [1.807, 2.05) is 0 Å². The monoisotopic (exact) mass is 737 g/mol. The number of likely N-dealkylation sites (tertiary alicyclic amines) is 1. The fourth-order valence-electron chi connectivity index (χ4n) is 5.53. The molecule has 0 spiro atoms. The average Bonchev–Trinajstić information content (AvgIpc) is 3.53. The Morgan fingerprint density at radius 1 is 1.04 bits per heavy atom. The lowest BCUT2D eigenvalue weighted by Crippen LogP contribution is -2.57. The van der Waals surface area contributed by atoms with Crippen LogP contribution < -0.4 is 15.4 Å². The number of halogens is 4. The normalized spacial score (nSPS) is 17.6. The highest BCUT2D eigenvalue weighted by Gasteiger charge is 2.49. The van der Waals surface area contributed by atoms with Gasteiger partial charge in [0.25, 0.3) is 11.7 Å². The molecule has 1 saturated heterocycles. The molecule has 4 atom stereocenters. The Balaban J connectivity index is 1.70. The van der Waals surface area contributed by atoms with Crippen molar-refractivity contribution >= 4 is 44.9 Å². The van der Waals surface area contributed by atoms with Crippen LogP contribution in [0.25, 0.3) is 0 Å². The van der Waals surface area contributed by atoms with Gasteiger partial charge >= 0.3 is 6.18 Å². The van der Waals surface area contributed by atoms with E-state index in [-0.39, 0.29) is 12.1 Å². The van der Waals surface area contributed by atoms with Gasteiger partial charge in [-0.05, 0) is 47.7 Å². The molecule has 4 rings (SSSR count). The number of nitrogens with zero attached hydrogens (tertiary/aromatic N) is 3. The van der Waals surface area contributed by atoms with Gasteiger partial charge in [-0.2, -0.15) is 13.2 Å². The Morgan fingerprint density at radius 2 is 1.74 bits per heavy atom. The zero-order valence-corrected chi connectivity index (χ0v) is 28.8. The van der Waals surface area contributed by atoms with Crippen molar-refractivity contribution < 1.29 is 45.5 Å². The highest BCUT2D eigenvalue weighted by molar-refractivity contribution is 7.91. The fraction of sp³-hybridized carbons (Fsp3) is 0.394. The number of rotatable bonds is 13. The number of Topliss-reactive ketones (excluding diaryl/α,β-unsaturated/α-hetero) is 1. The standard InChI is InChI=1S/C33H35ClF3N5O7S/c1-19(2)28(29(43)33(35,36)37)41-31(45)27-15-24(50(47,48)18-20-7-9-23(49-3)10-8-20)17-42(27)32(46)25(14-21-5-4-6-22(34)13-21)40-30(44)26-16-38-11-12-39-26/h4-13,16,19,24-25,27-28H,14-15,17-18H2,1-3H3,(H,40,44)(H,41,45)/t24-,25?,27+,28?/m1/s1. The molecule has 17 heteroatoms. The molecule has 3 amide bonds. The van der Waals surface area contributed by atoms with Crippen molar-refractivity contribution in [3.8, 4) is 5.75 Å². The Kier molecular flexibility index (Phi) is 12.2. The number of sulfone groups is 1. The predicted molar refractivity (Wildman–Crippen MR) is 176 cm³/mol. The van der Waals surface area contributed by atoms with Crippen LogP contribution in [0.3, 0.4) is 0 Å². The Bertz CT molecular complexity index is 1810. The van der Waals surface area contributed by atoms with Gasteiger partial charge in [0.1, 0.15) is 23.5 Å². The lowest BCUT2D eigenvalue weighted by molar-refractivity contribution is -0.175. The van der Waals surface area contributed by atoms with E-state index < -0.39 is 87.5 Å². The Labute approximate surface area is 291 Å². The first-order valence-electron chi connectivity index (χ1n) is 15.4. The molecule has 2 aromatic carbocycles. The van der Waals surface area contributed by atoms with Crippen LogP contribution in [-0.4, -0.2) is 90.0 Å². The Hall–Kier alpha value is -4.57. The third-order valence-corrected chi connectivity index (χ3v) is 10.5. The smallest absolute Gasteiger partial charge is 0.452 e. The molecule has 1 aliphatic rings. The van der Waals surface area contributed by atoms with Crippen molar-refractivity contribution in [2.75, 3.05) is 13.7 Å². The number of hydrogen-bond donors (Lipinski definition) is 2. The summed E-state index contributed by atoms with van der Waals surface area (Å²) in [5.41, 5.74) is 0.745. The van der Waals surface area contributed by atoms with Gasteiger partial charge in [0, 0.05) is 30.4 Å². The summed E-state index contributed by atoms with van der Waals surface area (Å²) < 4.78 is 72.9. The third kappa shape index (κ3) is 9.56. The number of carbonyl (C=O) groups is 4. The van der Waals surface area contributed by atoms with E-state index in [9.17, 15) is 40.8 Å². The van der Waals surface area contributed by atoms with E-state index in [1.54, 1.807) is 36.4 Å². The van der Waals surface area contributed by atoms with Gasteiger partial charge in [-0.25, -0.2) is 13.4 Å². The van der Waals surface area contributed by atoms with Crippen LogP contribution in [0, 0.1) is 5.92 Å². The summed E-state index contributed by atoms with van der Waals surface area (Å²) in [6.07, 6.45) is -2.17. The van der Waals surface area contributed by atoms with E-state index in [0.29, 0.717) is 21.9 Å². The summed E-state index contributed by atoms with van der Waals surface area (Å²) in [6, 6.07) is 7.55. The number of nitrogens with one attached hydrogen (secondary N) is 2. The molecule has 268 valence electrons. The SMILES string of the molecule is COc1ccc(CS(=O)(=O)[C@@H]2C[C@@H](C(=O)NC(C(=O)C(F)(F)F)C(C)C)N(C(=O)C(Cc3cccc(Cl)c3)NC(=O)c3cnccn3)C2)cc1. The van der Waals surface area contributed by atoms with Crippen LogP contribution in [0.1, 0.15) is 41.9 Å². The van der Waals surface area contributed by atoms with E-state index in [0.717, 1.165) is 11.1 Å². The average molecular weight is 738 g/mol. The second-order valence-corrected chi connectivity index (χ2v) is 14.8. The maximum Gasteiger partial charge on any atom is 0.452 e. The molecule has 2 unspecified atom stereocenters. The van der Waals surface area contributed by atoms with Crippen molar-refractivity contribution in [2.24, 2.45) is 5.92 Å². The maximum atomic E-state index is 14.3. The first kappa shape index (κ1) is 38.2. The van der Waals surface area contributed by atoms with E-state index >= 15 is 0 Å². The summed E-state index contributed by atoms with van der Waals surface area (Å²) in [5, 5.41) is 3.67. The molecule has 0 aliphatic carbocycles. The first-order valence-corrected chi connectivity index (χ1v) is 17.5. The van der Waals surface area contributed by atoms with Gasteiger partial charge in [-0.15, -0.1) is 0 Å². The van der Waals surface area contributed by atoms with Crippen LogP contribution in [0.4, 0.5) is 13.2 Å². The van der Waals surface area contributed by atoms with Crippen LogP contribution in [0.5, 0.6) is 5.75 Å². The maximum absolute atomic E-state index is 14.3. The molecular weight excluding hydrogens is 703 g/mol. The number of alkyl halides is 3. The molecular formula is C33H35ClF3N5O7S. The summed E-state index contributed by atoms with van der Waals surface area (Å²) in [6.45, 7) is 2.08. The topological polar surface area (TPSA) is 165 Å². The fourth-order valence-corrected chi connectivity index (χ4v) is 7.50. The molecule has 0 saturated carbocycles. The lowest BCUT2D eigenvalue weighted by atomic mass is 9.98. The predicted octanol–water partition coefficient (Wildman–Crippen LogP) is 3.34. The molecule has 3 aromatic rings. The first-order chi connectivity index (χ1) is 23.5. The highest BCUT2D eigenvalue weighted by atomic mass is 35.5. The molecule has 0 radical (unpaired) electrons. The third-order valence-electron chi connectivity index (χ3n) is 8.14. The minimum atomic E-state index is -5.27. The van der Waals surface area contributed by atoms with E-state index in [1.165, 1.54) is 45.5 Å². The molecule has 1 aromatic heterocycles. The van der Waals surface area contributed by atoms with Gasteiger partial charge < -0.3 is 20.3 Å². The quantitative estimate of drug-likeness (QED) is 0.268. The number of hydrogen-bond acceptors (Lipinski definition) is 9. The van der Waals surface area contributed by atoms with E-state index in [4.69, 9.17) is 16.3 Å². The zero-order chi connectivity index (χ0) is 36.8.